The van der Waals surface area contributed by atoms with Crippen LogP contribution in [0.4, 0.5) is 4.79 Å². The fourth-order valence-corrected chi connectivity index (χ4v) is 2.17. The number of likely N-dealkylation sites (tertiary alicyclic amines) is 1. The van der Waals surface area contributed by atoms with E-state index < -0.39 is 35.5 Å². The number of rotatable bonds is 2. The predicted molar refractivity (Wildman–Crippen MR) is 77.7 cm³/mol. The molecule has 0 aromatic heterocycles. The van der Waals surface area contributed by atoms with Crippen molar-refractivity contribution in [3.05, 3.63) is 0 Å². The van der Waals surface area contributed by atoms with E-state index in [0.29, 0.717) is 12.8 Å². The number of ether oxygens (including phenoxy) is 3. The lowest BCUT2D eigenvalue weighted by Crippen LogP contribution is -2.49. The van der Waals surface area contributed by atoms with Crippen LogP contribution in [0.3, 0.4) is 0 Å². The smallest absolute Gasteiger partial charge is 0.413 e. The highest BCUT2D eigenvalue weighted by atomic mass is 16.6. The monoisotopic (exact) mass is 301 g/mol. The summed E-state index contributed by atoms with van der Waals surface area (Å²) in [5.41, 5.74) is -1.22. The lowest BCUT2D eigenvalue weighted by Gasteiger charge is -2.32. The topological polar surface area (TPSA) is 65.1 Å². The van der Waals surface area contributed by atoms with Gasteiger partial charge >= 0.3 is 12.1 Å². The van der Waals surface area contributed by atoms with E-state index >= 15 is 0 Å². The Labute approximate surface area is 126 Å². The van der Waals surface area contributed by atoms with Gasteiger partial charge in [-0.1, -0.05) is 0 Å². The Hall–Kier alpha value is -1.30. The minimum absolute atomic E-state index is 0.423. The normalized spacial score (nSPS) is 23.1. The van der Waals surface area contributed by atoms with Gasteiger partial charge in [0.05, 0.1) is 0 Å². The minimum Gasteiger partial charge on any atom is -0.458 e. The molecule has 0 aliphatic carbocycles. The molecule has 1 fully saturated rings. The highest BCUT2D eigenvalue weighted by molar-refractivity contribution is 5.82. The summed E-state index contributed by atoms with van der Waals surface area (Å²) >= 11 is 0. The Morgan fingerprint density at radius 1 is 0.952 bits per heavy atom. The van der Waals surface area contributed by atoms with Crippen LogP contribution in [0.25, 0.3) is 0 Å². The molecular formula is C15H27NO5. The molecule has 0 bridgehead atoms. The van der Waals surface area contributed by atoms with Crippen molar-refractivity contribution in [2.24, 2.45) is 0 Å². The van der Waals surface area contributed by atoms with Gasteiger partial charge in [0.25, 0.3) is 0 Å². The number of amides is 1. The summed E-state index contributed by atoms with van der Waals surface area (Å²) in [6, 6.07) is -0.663. The van der Waals surface area contributed by atoms with E-state index in [9.17, 15) is 9.59 Å². The molecule has 6 nitrogen and oxygen atoms in total. The first-order valence-electron chi connectivity index (χ1n) is 7.21. The van der Waals surface area contributed by atoms with Crippen molar-refractivity contribution in [1.82, 2.24) is 4.90 Å². The third-order valence-corrected chi connectivity index (χ3v) is 2.89. The molecule has 1 rings (SSSR count). The lowest BCUT2D eigenvalue weighted by atomic mass is 10.1. The summed E-state index contributed by atoms with van der Waals surface area (Å²) in [5, 5.41) is 0. The Bertz CT molecular complexity index is 394. The van der Waals surface area contributed by atoms with Gasteiger partial charge in [0.2, 0.25) is 0 Å². The summed E-state index contributed by atoms with van der Waals surface area (Å²) in [4.78, 5) is 25.9. The van der Waals surface area contributed by atoms with E-state index in [0.717, 1.165) is 0 Å². The van der Waals surface area contributed by atoms with E-state index in [1.54, 1.807) is 41.5 Å². The van der Waals surface area contributed by atoms with Gasteiger partial charge in [-0.05, 0) is 54.4 Å². The molecular weight excluding hydrogens is 274 g/mol. The second kappa shape index (κ2) is 6.22. The van der Waals surface area contributed by atoms with Crippen LogP contribution in [0.2, 0.25) is 0 Å². The number of methoxy groups -OCH3 is 1. The summed E-state index contributed by atoms with van der Waals surface area (Å²) in [6.07, 6.45) is 0.0758. The zero-order valence-corrected chi connectivity index (χ0v) is 14.1. The lowest BCUT2D eigenvalue weighted by molar-refractivity contribution is -0.162. The summed E-state index contributed by atoms with van der Waals surface area (Å²) in [6.45, 7) is 10.7. The Morgan fingerprint density at radius 2 is 1.48 bits per heavy atom. The van der Waals surface area contributed by atoms with E-state index in [1.165, 1.54) is 12.0 Å². The van der Waals surface area contributed by atoms with Crippen LogP contribution in [-0.2, 0) is 19.0 Å². The second-order valence-corrected chi connectivity index (χ2v) is 7.20. The third-order valence-electron chi connectivity index (χ3n) is 2.89. The van der Waals surface area contributed by atoms with Crippen molar-refractivity contribution in [3.8, 4) is 0 Å². The van der Waals surface area contributed by atoms with Gasteiger partial charge in [-0.3, -0.25) is 4.90 Å². The number of carbonyl (C=O) groups excluding carboxylic acids is 2. The molecule has 0 saturated carbocycles. The molecule has 1 aliphatic heterocycles. The standard InChI is InChI=1S/C15H27NO5/c1-14(2,3)20-12(17)10-8-9-11(19-7)16(10)13(18)21-15(4,5)6/h10-11H,8-9H2,1-7H3. The number of nitrogens with zero attached hydrogens (tertiary/aromatic N) is 1. The van der Waals surface area contributed by atoms with Crippen molar-refractivity contribution >= 4 is 12.1 Å². The average Bonchev–Trinajstić information content (AvgIpc) is 2.67. The first-order valence-corrected chi connectivity index (χ1v) is 7.21. The van der Waals surface area contributed by atoms with Crippen LogP contribution >= 0.6 is 0 Å². The third kappa shape index (κ3) is 5.19. The van der Waals surface area contributed by atoms with Gasteiger partial charge < -0.3 is 14.2 Å². The van der Waals surface area contributed by atoms with Crippen LogP contribution in [0, 0.1) is 0 Å². The molecule has 2 unspecified atom stereocenters. The molecule has 21 heavy (non-hydrogen) atoms. The molecule has 6 heteroatoms. The van der Waals surface area contributed by atoms with E-state index in [1.807, 2.05) is 0 Å². The molecule has 1 saturated heterocycles. The van der Waals surface area contributed by atoms with Crippen LogP contribution in [0.5, 0.6) is 0 Å². The Kier molecular flexibility index (Phi) is 5.25. The van der Waals surface area contributed by atoms with Crippen molar-refractivity contribution in [3.63, 3.8) is 0 Å². The fourth-order valence-electron chi connectivity index (χ4n) is 2.17. The molecule has 0 N–H and O–H groups in total. The summed E-state index contributed by atoms with van der Waals surface area (Å²) in [5.74, 6) is -0.423. The van der Waals surface area contributed by atoms with Crippen molar-refractivity contribution in [2.75, 3.05) is 7.11 Å². The van der Waals surface area contributed by atoms with Gasteiger partial charge in [-0.2, -0.15) is 0 Å². The highest BCUT2D eigenvalue weighted by Gasteiger charge is 2.44. The Morgan fingerprint density at radius 3 is 1.90 bits per heavy atom. The molecule has 122 valence electrons. The summed E-state index contributed by atoms with van der Waals surface area (Å²) in [7, 11) is 1.51. The average molecular weight is 301 g/mol. The zero-order chi connectivity index (χ0) is 16.4. The molecule has 0 aromatic rings. The molecule has 2 atom stereocenters. The quantitative estimate of drug-likeness (QED) is 0.734. The van der Waals surface area contributed by atoms with E-state index in [4.69, 9.17) is 14.2 Å². The minimum atomic E-state index is -0.663. The maximum absolute atomic E-state index is 12.3. The first kappa shape index (κ1) is 17.8. The molecule has 0 spiro atoms. The van der Waals surface area contributed by atoms with Gasteiger partial charge in [0.15, 0.2) is 0 Å². The van der Waals surface area contributed by atoms with Crippen LogP contribution < -0.4 is 0 Å². The molecule has 0 aromatic carbocycles. The second-order valence-electron chi connectivity index (χ2n) is 7.20. The predicted octanol–water partition coefficient (Wildman–Crippen LogP) is 2.70. The largest absolute Gasteiger partial charge is 0.458 e. The maximum atomic E-state index is 12.3. The zero-order valence-electron chi connectivity index (χ0n) is 14.1. The first-order chi connectivity index (χ1) is 9.44. The molecule has 0 radical (unpaired) electrons. The molecule has 1 aliphatic rings. The van der Waals surface area contributed by atoms with Gasteiger partial charge in [0, 0.05) is 7.11 Å². The van der Waals surface area contributed by atoms with Crippen LogP contribution in [-0.4, -0.2) is 47.5 Å². The van der Waals surface area contributed by atoms with Gasteiger partial charge in [-0.15, -0.1) is 0 Å². The van der Waals surface area contributed by atoms with E-state index in [2.05, 4.69) is 0 Å². The molecule has 1 heterocycles. The van der Waals surface area contributed by atoms with Crippen molar-refractivity contribution in [2.45, 2.75) is 77.9 Å². The van der Waals surface area contributed by atoms with Gasteiger partial charge in [0.1, 0.15) is 23.5 Å². The number of hydrogen-bond acceptors (Lipinski definition) is 5. The number of hydrogen-bond donors (Lipinski definition) is 0. The number of esters is 1. The van der Waals surface area contributed by atoms with Crippen molar-refractivity contribution in [1.29, 1.82) is 0 Å². The maximum Gasteiger partial charge on any atom is 0.413 e. The van der Waals surface area contributed by atoms with Crippen LogP contribution in [0.15, 0.2) is 0 Å². The fraction of sp³-hybridized carbons (Fsp3) is 0.867. The van der Waals surface area contributed by atoms with Crippen molar-refractivity contribution < 1.29 is 23.8 Å². The van der Waals surface area contributed by atoms with Crippen LogP contribution in [0.1, 0.15) is 54.4 Å². The Balaban J connectivity index is 2.88. The van der Waals surface area contributed by atoms with E-state index in [-0.39, 0.29) is 0 Å². The van der Waals surface area contributed by atoms with Gasteiger partial charge in [-0.25, -0.2) is 9.59 Å². The number of carbonyl (C=O) groups is 2. The SMILES string of the molecule is COC1CCC(C(=O)OC(C)(C)C)N1C(=O)OC(C)(C)C. The highest BCUT2D eigenvalue weighted by Crippen LogP contribution is 2.28. The molecule has 1 amide bonds. The summed E-state index contributed by atoms with van der Waals surface area (Å²) < 4.78 is 16.0.